The third-order valence-electron chi connectivity index (χ3n) is 8.98. The van der Waals surface area contributed by atoms with E-state index in [9.17, 15) is 19.5 Å². The number of aliphatic hydroxyl groups is 1. The average molecular weight is 675 g/mol. The number of esters is 1. The Labute approximate surface area is 265 Å². The highest BCUT2D eigenvalue weighted by Crippen LogP contribution is 2.68. The number of nitrogens with zero attached hydrogens (tertiary/aromatic N) is 5. The van der Waals surface area contributed by atoms with E-state index in [1.807, 2.05) is 44.2 Å². The van der Waals surface area contributed by atoms with Crippen molar-refractivity contribution in [3.05, 3.63) is 49.6 Å². The summed E-state index contributed by atoms with van der Waals surface area (Å²) in [6, 6.07) is 6.03. The Morgan fingerprint density at radius 3 is 2.74 bits per heavy atom. The number of aromatic nitrogens is 3. The highest BCUT2D eigenvalue weighted by atomic mass is 79.9. The minimum absolute atomic E-state index is 0.0751. The second kappa shape index (κ2) is 13.1. The number of rotatable bonds is 14. The Morgan fingerprint density at radius 1 is 1.28 bits per heavy atom. The number of carbonyl (C=O) groups is 3. The molecule has 0 aliphatic carbocycles. The smallest absolute Gasteiger partial charge is 0.310 e. The van der Waals surface area contributed by atoms with E-state index in [0.29, 0.717) is 18.4 Å². The number of benzene rings is 1. The van der Waals surface area contributed by atoms with E-state index >= 15 is 0 Å². The molecule has 2 aromatic rings. The van der Waals surface area contributed by atoms with Crippen molar-refractivity contribution in [1.29, 1.82) is 0 Å². The Kier molecular flexibility index (Phi) is 9.67. The number of alkyl halides is 1. The molecule has 1 aromatic heterocycles. The van der Waals surface area contributed by atoms with E-state index in [2.05, 4.69) is 39.4 Å². The van der Waals surface area contributed by atoms with Crippen molar-refractivity contribution in [2.45, 2.75) is 73.1 Å². The van der Waals surface area contributed by atoms with Crippen LogP contribution in [0.1, 0.15) is 39.5 Å². The molecule has 3 saturated heterocycles. The molecule has 2 bridgehead atoms. The van der Waals surface area contributed by atoms with Crippen LogP contribution in [-0.2, 0) is 25.8 Å². The number of likely N-dealkylation sites (tertiary alicyclic amines) is 1. The molecule has 3 unspecified atom stereocenters. The fourth-order valence-corrected chi connectivity index (χ4v) is 10.6. The normalized spacial score (nSPS) is 28.3. The maximum atomic E-state index is 14.8. The van der Waals surface area contributed by atoms with Gasteiger partial charge in [0.2, 0.25) is 11.8 Å². The lowest BCUT2D eigenvalue weighted by Gasteiger charge is -2.40. The summed E-state index contributed by atoms with van der Waals surface area (Å²) in [6.07, 6.45) is 6.45. The maximum Gasteiger partial charge on any atom is 0.310 e. The summed E-state index contributed by atoms with van der Waals surface area (Å²) in [4.78, 5) is 46.0. The van der Waals surface area contributed by atoms with Gasteiger partial charge in [-0.05, 0) is 43.7 Å². The molecular formula is C31H40BrN5O5S. The quantitative estimate of drug-likeness (QED) is 0.139. The van der Waals surface area contributed by atoms with Gasteiger partial charge in [-0.15, -0.1) is 30.0 Å². The van der Waals surface area contributed by atoms with Gasteiger partial charge in [0, 0.05) is 16.6 Å². The van der Waals surface area contributed by atoms with E-state index in [1.54, 1.807) is 32.3 Å². The zero-order valence-corrected chi connectivity index (χ0v) is 27.1. The Morgan fingerprint density at radius 2 is 2.05 bits per heavy atom. The van der Waals surface area contributed by atoms with Crippen molar-refractivity contribution in [2.75, 3.05) is 19.8 Å². The molecule has 3 fully saturated rings. The van der Waals surface area contributed by atoms with Gasteiger partial charge < -0.3 is 19.6 Å². The van der Waals surface area contributed by atoms with Gasteiger partial charge in [0.25, 0.3) is 0 Å². The fraction of sp³-hybridized carbons (Fsp3) is 0.581. The summed E-state index contributed by atoms with van der Waals surface area (Å²) in [5.74, 6) is -2.45. The number of halogens is 1. The van der Waals surface area contributed by atoms with Crippen molar-refractivity contribution in [2.24, 2.45) is 17.8 Å². The number of carbonyl (C=O) groups excluding carboxylic acids is 3. The first-order valence-electron chi connectivity index (χ1n) is 14.9. The lowest BCUT2D eigenvalue weighted by Crippen LogP contribution is -2.58. The number of unbranched alkanes of at least 4 members (excludes halogenated alkanes) is 2. The van der Waals surface area contributed by atoms with Crippen LogP contribution in [0.2, 0.25) is 0 Å². The molecule has 232 valence electrons. The van der Waals surface area contributed by atoms with Crippen molar-refractivity contribution >= 4 is 56.5 Å². The van der Waals surface area contributed by atoms with Crippen LogP contribution in [0.5, 0.6) is 0 Å². The molecule has 2 amide bonds. The monoisotopic (exact) mass is 673 g/mol. The number of thioether (sulfide) groups is 1. The van der Waals surface area contributed by atoms with Gasteiger partial charge in [-0.25, -0.2) is 4.68 Å². The molecular weight excluding hydrogens is 634 g/mol. The van der Waals surface area contributed by atoms with E-state index in [4.69, 9.17) is 4.74 Å². The van der Waals surface area contributed by atoms with Crippen LogP contribution in [0.15, 0.2) is 49.6 Å². The van der Waals surface area contributed by atoms with Crippen molar-refractivity contribution < 1.29 is 24.2 Å². The second-order valence-corrected chi connectivity index (χ2v) is 14.6. The molecule has 12 heteroatoms. The predicted molar refractivity (Wildman–Crippen MR) is 169 cm³/mol. The predicted octanol–water partition coefficient (Wildman–Crippen LogP) is 3.78. The number of aliphatic hydroxyl groups excluding tert-OH is 1. The fourth-order valence-electron chi connectivity index (χ4n) is 6.98. The van der Waals surface area contributed by atoms with Gasteiger partial charge >= 0.3 is 5.97 Å². The molecule has 7 atom stereocenters. The van der Waals surface area contributed by atoms with Gasteiger partial charge in [-0.2, -0.15) is 0 Å². The zero-order chi connectivity index (χ0) is 30.9. The standard InChI is InChI=1S/C31H40BrN5O5S/c1-5-7-8-11-15-42-30(41)24-25-28(39)37(23(17-38)19(3)4)27(31(25)16-20(32)26(24)43-31)29(40)35(14-6-2)18-36-22-13-10-9-12-21(22)33-34-36/h5-6,9-10,12-13,19-20,23-27,38H,1-2,7-8,11,14-18H2,3-4H3/t20?,23-,24+,25-,26+,27?,31?/m0/s1. The summed E-state index contributed by atoms with van der Waals surface area (Å²) < 4.78 is 6.54. The molecule has 4 heterocycles. The minimum atomic E-state index is -0.889. The molecule has 1 spiro atoms. The number of allylic oxidation sites excluding steroid dienone is 1. The van der Waals surface area contributed by atoms with Crippen LogP contribution in [0.3, 0.4) is 0 Å². The highest BCUT2D eigenvalue weighted by molar-refractivity contribution is 9.09. The Hall–Kier alpha value is -2.70. The summed E-state index contributed by atoms with van der Waals surface area (Å²) in [5.41, 5.74) is 1.49. The van der Waals surface area contributed by atoms with Gasteiger partial charge in [-0.3, -0.25) is 14.4 Å². The van der Waals surface area contributed by atoms with E-state index in [-0.39, 0.29) is 54.2 Å². The number of para-hydroxylation sites is 1. The number of hydrogen-bond acceptors (Lipinski definition) is 8. The number of hydrogen-bond donors (Lipinski definition) is 1. The van der Waals surface area contributed by atoms with Crippen LogP contribution in [0.4, 0.5) is 0 Å². The largest absolute Gasteiger partial charge is 0.465 e. The molecule has 3 aliphatic heterocycles. The van der Waals surface area contributed by atoms with Gasteiger partial charge in [0.1, 0.15) is 18.2 Å². The second-order valence-electron chi connectivity index (χ2n) is 11.9. The van der Waals surface area contributed by atoms with Crippen LogP contribution in [-0.4, -0.2) is 94.4 Å². The van der Waals surface area contributed by atoms with Crippen LogP contribution < -0.4 is 0 Å². The topological polar surface area (TPSA) is 118 Å². The molecule has 1 N–H and O–H groups in total. The number of ether oxygens (including phenoxy) is 1. The maximum absolute atomic E-state index is 14.8. The highest BCUT2D eigenvalue weighted by Gasteiger charge is 2.76. The molecule has 43 heavy (non-hydrogen) atoms. The average Bonchev–Trinajstić information content (AvgIpc) is 3.70. The lowest BCUT2D eigenvalue weighted by molar-refractivity contribution is -0.155. The first kappa shape index (κ1) is 31.7. The molecule has 3 aliphatic rings. The van der Waals surface area contributed by atoms with E-state index in [1.165, 1.54) is 0 Å². The molecule has 1 aromatic carbocycles. The van der Waals surface area contributed by atoms with Crippen LogP contribution >= 0.6 is 27.7 Å². The van der Waals surface area contributed by atoms with Crippen LogP contribution in [0, 0.1) is 17.8 Å². The minimum Gasteiger partial charge on any atom is -0.465 e. The van der Waals surface area contributed by atoms with Gasteiger partial charge in [-0.1, -0.05) is 59.3 Å². The Balaban J connectivity index is 1.51. The molecule has 0 radical (unpaired) electrons. The summed E-state index contributed by atoms with van der Waals surface area (Å²) in [7, 11) is 0. The molecule has 0 saturated carbocycles. The number of fused-ring (bicyclic) bond motifs is 2. The Bertz CT molecular complexity index is 1390. The van der Waals surface area contributed by atoms with Gasteiger partial charge in [0.05, 0.1) is 41.4 Å². The van der Waals surface area contributed by atoms with Crippen LogP contribution in [0.25, 0.3) is 11.0 Å². The molecule has 5 rings (SSSR count). The van der Waals surface area contributed by atoms with Crippen molar-refractivity contribution in [1.82, 2.24) is 24.8 Å². The SMILES string of the molecule is C=CCCCCOC(=O)[C@H]1[C@@H]2SC3(CC2Br)C(C(=O)N(CC=C)Cn2nnc4ccccc42)N([C@@H](CO)C(C)C)C(=O)[C@H]13. The lowest BCUT2D eigenvalue weighted by atomic mass is 9.71. The third kappa shape index (κ3) is 5.55. The first-order valence-corrected chi connectivity index (χ1v) is 16.7. The van der Waals surface area contributed by atoms with E-state index < -0.39 is 34.6 Å². The third-order valence-corrected chi connectivity index (χ3v) is 12.2. The summed E-state index contributed by atoms with van der Waals surface area (Å²) in [6.45, 7) is 11.8. The zero-order valence-electron chi connectivity index (χ0n) is 24.7. The molecule has 10 nitrogen and oxygen atoms in total. The summed E-state index contributed by atoms with van der Waals surface area (Å²) in [5, 5.41) is 18.8. The van der Waals surface area contributed by atoms with Crippen molar-refractivity contribution in [3.8, 4) is 0 Å². The van der Waals surface area contributed by atoms with E-state index in [0.717, 1.165) is 18.4 Å². The first-order chi connectivity index (χ1) is 20.7. The number of amides is 2. The van der Waals surface area contributed by atoms with Crippen molar-refractivity contribution in [3.63, 3.8) is 0 Å². The van der Waals surface area contributed by atoms with Gasteiger partial charge in [0.15, 0.2) is 0 Å². The summed E-state index contributed by atoms with van der Waals surface area (Å²) >= 11 is 5.36.